The molecule has 5 aromatic carbocycles. The summed E-state index contributed by atoms with van der Waals surface area (Å²) >= 11 is 12.5. The standard InChI is InChI=1S/2C26H22FN5O2.C17H22BFN2O2.C15H12ClN3O2.C11H10BrFN2.C7H3BrFN.C4H8FN.BH3P.2ClH/c2*1-31(2)26(33)17-3-5-21(30-14-17)24-12-22-25(34-24)20(7-9-29-22)16-4-6-23(18(11-16)13-28)32-10-8-19(27)15-32;1-16(2)17(3,4)23-18(22-16)13-5-6-15(12(9-13)10-20)21-8-7-14(19)11-21;1-19(2)15(20)9-3-4-11(18-8-9)13-7-12-14(21-13)10(16)5-6-17-12;12-9-1-2-11(8(5-9)6-14)15-4-3-10(13)7-15;8-6-1-2-7(9)5(3-6)4-10;5-4-1-2-6-3-4;1-2;;/h2*3-7,9,11-12,14,19H,8,10,15H2,1-2H3;5-6,9,14H,7-8,11H2,1-4H3;3-8H,1-2H3;1-2,5,10H,3-4,7H2;1-3H;4,6H,1-3H2;1H,2H2;2*1H/t2*19-;;;;;;;;/m10......../s1/i;;;;;;;1D;;. The number of furan rings is 3. The second-order valence-corrected chi connectivity index (χ2v) is 38.2. The Hall–Kier alpha value is -13.5. The van der Waals surface area contributed by atoms with Crippen LogP contribution in [-0.2, 0) is 9.31 Å². The number of benzene rings is 5. The molecule has 6 aliphatic rings. The number of nitrogens with one attached hydrogen (secondary N) is 1. The molecule has 0 aliphatic carbocycles. The predicted octanol–water partition coefficient (Wildman–Crippen LogP) is 21.2. The van der Waals surface area contributed by atoms with Crippen molar-refractivity contribution in [2.45, 2.75) is 102 Å². The van der Waals surface area contributed by atoms with E-state index in [9.17, 15) is 56.5 Å². The van der Waals surface area contributed by atoms with Gasteiger partial charge >= 0.3 is 7.12 Å². The largest absolute Gasteiger partial charge is 0.494 e. The molecule has 6 aliphatic heterocycles. The average molecular weight is 2210 g/mol. The van der Waals surface area contributed by atoms with Crippen LogP contribution < -0.4 is 30.4 Å². The van der Waals surface area contributed by atoms with Gasteiger partial charge in [-0.3, -0.25) is 44.3 Å². The normalized spacial score (nSPS) is 16.9. The van der Waals surface area contributed by atoms with Crippen LogP contribution in [0.25, 0.3) is 89.9 Å². The summed E-state index contributed by atoms with van der Waals surface area (Å²) in [6.07, 6.45) is 8.45. The number of halogens is 11. The summed E-state index contributed by atoms with van der Waals surface area (Å²) in [4.78, 5) is 74.3. The third kappa shape index (κ3) is 28.1. The number of amides is 3. The van der Waals surface area contributed by atoms with Crippen LogP contribution >= 0.6 is 77.4 Å². The molecule has 0 saturated carbocycles. The highest BCUT2D eigenvalue weighted by Gasteiger charge is 2.52. The summed E-state index contributed by atoms with van der Waals surface area (Å²) in [5, 5.41) is 49.6. The summed E-state index contributed by atoms with van der Waals surface area (Å²) < 4.78 is 116. The number of fused-ring (bicyclic) bond motifs is 3. The molecule has 147 heavy (non-hydrogen) atoms. The Morgan fingerprint density at radius 3 is 1.10 bits per heavy atom. The lowest BCUT2D eigenvalue weighted by Crippen LogP contribution is -2.41. The summed E-state index contributed by atoms with van der Waals surface area (Å²) in [6, 6.07) is 58.2. The zero-order valence-corrected chi connectivity index (χ0v) is 88.5. The van der Waals surface area contributed by atoms with E-state index in [1.165, 1.54) is 53.0 Å². The van der Waals surface area contributed by atoms with Gasteiger partial charge in [-0.25, -0.2) is 26.3 Å². The molecule has 15 heterocycles. The van der Waals surface area contributed by atoms with Crippen LogP contribution in [0, 0.1) is 62.5 Å². The zero-order chi connectivity index (χ0) is 105. The van der Waals surface area contributed by atoms with Crippen LogP contribution in [0.4, 0.5) is 49.1 Å². The summed E-state index contributed by atoms with van der Waals surface area (Å²) in [7, 11) is 13.0. The number of nitrogens with zero attached hydrogens (tertiary/aromatic N) is 18. The quantitative estimate of drug-likeness (QED) is 0.0636. The Labute approximate surface area is 887 Å². The highest BCUT2D eigenvalue weighted by Crippen LogP contribution is 2.42. The number of nitriles is 5. The van der Waals surface area contributed by atoms with Crippen molar-refractivity contribution in [3.8, 4) is 87.0 Å². The number of alkyl halides is 5. The van der Waals surface area contributed by atoms with Gasteiger partial charge in [0.1, 0.15) is 108 Å². The molecule has 0 bridgehead atoms. The van der Waals surface area contributed by atoms with E-state index in [0.717, 1.165) is 61.5 Å². The number of rotatable bonds is 13. The van der Waals surface area contributed by atoms with Crippen molar-refractivity contribution in [3.63, 3.8) is 0 Å². The van der Waals surface area contributed by atoms with Crippen molar-refractivity contribution in [1.29, 1.82) is 27.6 Å². The summed E-state index contributed by atoms with van der Waals surface area (Å²) in [5.41, 5.74) is 15.5. The Bertz CT molecular complexity index is 7020. The smallest absolute Gasteiger partial charge is 0.452 e. The lowest BCUT2D eigenvalue weighted by molar-refractivity contribution is 0.00578. The third-order valence-electron chi connectivity index (χ3n) is 24.7. The second kappa shape index (κ2) is 51.7. The molecule has 20 rings (SSSR count). The number of hydrogen-bond acceptors (Lipinski definition) is 24. The maximum atomic E-state index is 13.7. The highest BCUT2D eigenvalue weighted by atomic mass is 79.9. The first kappa shape index (κ1) is 112. The van der Waals surface area contributed by atoms with Crippen LogP contribution in [0.5, 0.6) is 0 Å². The molecule has 27 nitrogen and oxygen atoms in total. The lowest BCUT2D eigenvalue weighted by Gasteiger charge is -2.32. The van der Waals surface area contributed by atoms with Gasteiger partial charge in [0.05, 0.1) is 83.5 Å². The molecule has 759 valence electrons. The van der Waals surface area contributed by atoms with Crippen LogP contribution in [0.15, 0.2) is 223 Å². The topological polar surface area (TPSA) is 340 Å². The fourth-order valence-corrected chi connectivity index (χ4v) is 17.3. The first-order valence-electron chi connectivity index (χ1n) is 46.7. The molecule has 0 spiro atoms. The highest BCUT2D eigenvalue weighted by molar-refractivity contribution is 9.10. The maximum Gasteiger partial charge on any atom is 0.494 e. The van der Waals surface area contributed by atoms with Gasteiger partial charge in [-0.1, -0.05) is 61.7 Å². The van der Waals surface area contributed by atoms with Crippen LogP contribution in [0.3, 0.4) is 0 Å². The average Bonchev–Trinajstić information content (AvgIpc) is 1.61. The molecule has 3 amide bonds. The number of hydrogen-bond donors (Lipinski definition) is 1. The number of aromatic nitrogens is 6. The molecular formula is C106H104B2Br2Cl3F6N19O8P. The first-order chi connectivity index (χ1) is 69.9. The summed E-state index contributed by atoms with van der Waals surface area (Å²) in [6.45, 7) is 13.3. The van der Waals surface area contributed by atoms with Gasteiger partial charge in [0.25, 0.3) is 17.7 Å². The van der Waals surface area contributed by atoms with Gasteiger partial charge in [-0.2, -0.15) is 35.4 Å². The van der Waals surface area contributed by atoms with E-state index in [1.807, 2.05) is 108 Å². The number of carbonyl (C=O) groups excluding carboxylic acids is 3. The minimum Gasteiger partial charge on any atom is -0.452 e. The van der Waals surface area contributed by atoms with E-state index >= 15 is 0 Å². The molecule has 4 unspecified atom stereocenters. The Balaban J connectivity index is 0.000000171. The van der Waals surface area contributed by atoms with Gasteiger partial charge in [0.15, 0.2) is 34.0 Å². The van der Waals surface area contributed by atoms with Crippen molar-refractivity contribution in [2.75, 3.05) is 127 Å². The summed E-state index contributed by atoms with van der Waals surface area (Å²) in [5.74, 6) is 0.799. The van der Waals surface area contributed by atoms with E-state index in [-0.39, 0.29) is 48.1 Å². The van der Waals surface area contributed by atoms with Crippen molar-refractivity contribution in [1.82, 2.24) is 49.9 Å². The molecule has 6 fully saturated rings. The van der Waals surface area contributed by atoms with Gasteiger partial charge < -0.3 is 62.2 Å². The molecule has 9 aromatic heterocycles. The number of carbonyl (C=O) groups is 3. The molecule has 6 saturated heterocycles. The van der Waals surface area contributed by atoms with Gasteiger partial charge in [0.2, 0.25) is 0 Å². The molecule has 1 radical (unpaired) electrons. The molecular weight excluding hydrogens is 2100 g/mol. The Kier molecular flexibility index (Phi) is 39.5. The predicted molar refractivity (Wildman–Crippen MR) is 576 cm³/mol. The number of anilines is 4. The van der Waals surface area contributed by atoms with E-state index in [0.29, 0.717) is 207 Å². The van der Waals surface area contributed by atoms with Crippen molar-refractivity contribution < 1.29 is 63.3 Å². The van der Waals surface area contributed by atoms with E-state index in [2.05, 4.69) is 100 Å². The second-order valence-electron chi connectivity index (χ2n) is 36.0. The van der Waals surface area contributed by atoms with Crippen molar-refractivity contribution in [2.24, 2.45) is 0 Å². The van der Waals surface area contributed by atoms with Crippen LogP contribution in [0.1, 0.15) is 119 Å². The first-order valence-corrected chi connectivity index (χ1v) is 48.8. The van der Waals surface area contributed by atoms with Gasteiger partial charge in [-0.05, 0) is 212 Å². The molecule has 1 N–H and O–H groups in total. The van der Waals surface area contributed by atoms with Crippen LogP contribution in [0.2, 0.25) is 5.02 Å². The van der Waals surface area contributed by atoms with E-state index < -0.39 is 55.0 Å². The van der Waals surface area contributed by atoms with E-state index in [1.54, 1.807) is 158 Å². The third-order valence-corrected chi connectivity index (χ3v) is 26.0. The van der Waals surface area contributed by atoms with Gasteiger partial charge in [0, 0.05) is 177 Å². The minimum absolute atomic E-state index is 0. The lowest BCUT2D eigenvalue weighted by atomic mass is 9.78. The van der Waals surface area contributed by atoms with Crippen molar-refractivity contribution >= 4 is 171 Å². The molecule has 6 atom stereocenters. The molecule has 41 heteroatoms. The van der Waals surface area contributed by atoms with Crippen LogP contribution in [-0.4, -0.2) is 228 Å². The fraction of sp³-hybridized carbons (Fsp3) is 0.302. The maximum absolute atomic E-state index is 13.7. The minimum atomic E-state index is -0.865. The Morgan fingerprint density at radius 1 is 0.456 bits per heavy atom. The Morgan fingerprint density at radius 2 is 0.789 bits per heavy atom. The van der Waals surface area contributed by atoms with E-state index in [4.69, 9.17) is 46.0 Å². The van der Waals surface area contributed by atoms with Crippen molar-refractivity contribution in [3.05, 3.63) is 265 Å². The monoisotopic (exact) mass is 2200 g/mol. The fourth-order valence-electron chi connectivity index (χ4n) is 16.4. The molecule has 14 aromatic rings. The zero-order valence-electron chi connectivity index (χ0n) is 82.8. The SMILES string of the molecule is CC1(C)OB(c2ccc(N3CCC(F)C3)c(C#N)c2)OC1(C)C.CN(C)C(=O)c1ccc(-c2cc3nccc(-c4ccc(N5CC[C@@H](F)C5)c(C#N)c4)c3o2)nc1.CN(C)C(=O)c1ccc(-c2cc3nccc(-c4ccc(N5CC[C@H](F)C5)c(C#N)c4)c3o2)nc1.CN(C)C(=O)c1ccc(-c2cc3nccc(Cl)c3o2)nc1.Cl.Cl.FC1CCNC1.N#Cc1cc(Br)ccc1F.N#Cc1cc(Br)ccc1N1CCC(F)C1.[2H][B]P. The number of pyridine rings is 6. The van der Waals surface area contributed by atoms with Gasteiger partial charge in [-0.15, -0.1) is 24.8 Å².